The van der Waals surface area contributed by atoms with Gasteiger partial charge in [0.05, 0.1) is 0 Å². The predicted octanol–water partition coefficient (Wildman–Crippen LogP) is 2.97. The third-order valence-electron chi connectivity index (χ3n) is 3.47. The Kier molecular flexibility index (Phi) is 4.84. The summed E-state index contributed by atoms with van der Waals surface area (Å²) in [5, 5.41) is 3.44. The van der Waals surface area contributed by atoms with Crippen LogP contribution in [-0.2, 0) is 4.74 Å². The molecule has 0 spiro atoms. The molecule has 1 aliphatic rings. The van der Waals surface area contributed by atoms with Crippen LogP contribution in [0.1, 0.15) is 40.0 Å². The Balaban J connectivity index is 2.62. The van der Waals surface area contributed by atoms with Crippen LogP contribution in [0.2, 0.25) is 0 Å². The first-order valence-electron chi connectivity index (χ1n) is 5.94. The monoisotopic (exact) mass is 229 g/mol. The van der Waals surface area contributed by atoms with Gasteiger partial charge in [-0.15, -0.1) is 0 Å². The third kappa shape index (κ3) is 3.33. The van der Waals surface area contributed by atoms with E-state index < -0.39 is 0 Å². The van der Waals surface area contributed by atoms with Crippen molar-refractivity contribution in [3.63, 3.8) is 0 Å². The largest absolute Gasteiger partial charge is 0.467 e. The molecule has 0 aliphatic heterocycles. The maximum atomic E-state index is 5.81. The van der Waals surface area contributed by atoms with E-state index in [0.29, 0.717) is 23.1 Å². The molecule has 0 bridgehead atoms. The molecular formula is C12H23NOS. The summed E-state index contributed by atoms with van der Waals surface area (Å²) in [6, 6.07) is 0. The second-order valence-corrected chi connectivity index (χ2v) is 5.29. The molecule has 1 N–H and O–H groups in total. The fourth-order valence-electron chi connectivity index (χ4n) is 2.81. The summed E-state index contributed by atoms with van der Waals surface area (Å²) in [6.45, 7) is 6.90. The van der Waals surface area contributed by atoms with Gasteiger partial charge in [-0.1, -0.05) is 27.2 Å². The van der Waals surface area contributed by atoms with Gasteiger partial charge in [0.25, 0.3) is 5.17 Å². The number of hydrogen-bond donors (Lipinski definition) is 1. The lowest BCUT2D eigenvalue weighted by Crippen LogP contribution is -2.39. The van der Waals surface area contributed by atoms with E-state index in [2.05, 4.69) is 26.1 Å². The number of ether oxygens (including phenoxy) is 1. The molecule has 88 valence electrons. The van der Waals surface area contributed by atoms with Crippen LogP contribution in [-0.4, -0.2) is 18.3 Å². The fraction of sp³-hybridized carbons (Fsp3) is 0.917. The fourth-order valence-corrected chi connectivity index (χ4v) is 2.94. The van der Waals surface area contributed by atoms with Crippen molar-refractivity contribution in [3.05, 3.63) is 0 Å². The summed E-state index contributed by atoms with van der Waals surface area (Å²) in [5.74, 6) is 2.07. The molecular weight excluding hydrogens is 206 g/mol. The van der Waals surface area contributed by atoms with E-state index >= 15 is 0 Å². The topological polar surface area (TPSA) is 21.3 Å². The van der Waals surface area contributed by atoms with Crippen molar-refractivity contribution in [2.45, 2.75) is 46.1 Å². The molecule has 3 unspecified atom stereocenters. The van der Waals surface area contributed by atoms with Crippen LogP contribution in [0.3, 0.4) is 0 Å². The van der Waals surface area contributed by atoms with Gasteiger partial charge in [0.1, 0.15) is 6.10 Å². The van der Waals surface area contributed by atoms with Crippen molar-refractivity contribution in [2.24, 2.45) is 17.8 Å². The second-order valence-electron chi connectivity index (χ2n) is 4.92. The Morgan fingerprint density at radius 2 is 2.07 bits per heavy atom. The van der Waals surface area contributed by atoms with Crippen molar-refractivity contribution in [1.29, 1.82) is 0 Å². The zero-order chi connectivity index (χ0) is 11.4. The van der Waals surface area contributed by atoms with Gasteiger partial charge in [-0.2, -0.15) is 0 Å². The highest BCUT2D eigenvalue weighted by Crippen LogP contribution is 2.36. The highest BCUT2D eigenvalue weighted by Gasteiger charge is 2.34. The minimum absolute atomic E-state index is 0.314. The van der Waals surface area contributed by atoms with Crippen LogP contribution in [0.5, 0.6) is 0 Å². The molecule has 0 aromatic rings. The summed E-state index contributed by atoms with van der Waals surface area (Å²) in [4.78, 5) is 0. The van der Waals surface area contributed by atoms with E-state index in [-0.39, 0.29) is 0 Å². The van der Waals surface area contributed by atoms with Gasteiger partial charge >= 0.3 is 0 Å². The van der Waals surface area contributed by atoms with Crippen molar-refractivity contribution in [3.8, 4) is 0 Å². The molecule has 0 amide bonds. The lowest BCUT2D eigenvalue weighted by Gasteiger charge is -2.38. The predicted molar refractivity (Wildman–Crippen MR) is 67.9 cm³/mol. The first-order valence-corrected chi connectivity index (χ1v) is 6.35. The lowest BCUT2D eigenvalue weighted by atomic mass is 9.72. The van der Waals surface area contributed by atoms with E-state index in [1.807, 2.05) is 7.05 Å². The van der Waals surface area contributed by atoms with E-state index in [1.165, 1.54) is 12.8 Å². The normalized spacial score (nSPS) is 31.4. The molecule has 3 atom stereocenters. The minimum Gasteiger partial charge on any atom is -0.467 e. The first-order chi connectivity index (χ1) is 7.06. The summed E-state index contributed by atoms with van der Waals surface area (Å²) in [7, 11) is 1.82. The Morgan fingerprint density at radius 1 is 1.40 bits per heavy atom. The Morgan fingerprint density at radius 3 is 2.60 bits per heavy atom. The van der Waals surface area contributed by atoms with E-state index in [1.54, 1.807) is 0 Å². The van der Waals surface area contributed by atoms with Gasteiger partial charge in [-0.05, 0) is 36.9 Å². The highest BCUT2D eigenvalue weighted by molar-refractivity contribution is 7.80. The van der Waals surface area contributed by atoms with Crippen molar-refractivity contribution < 1.29 is 4.74 Å². The van der Waals surface area contributed by atoms with Crippen molar-refractivity contribution in [2.75, 3.05) is 7.05 Å². The van der Waals surface area contributed by atoms with Crippen LogP contribution in [0, 0.1) is 17.8 Å². The van der Waals surface area contributed by atoms with Gasteiger partial charge in [-0.3, -0.25) is 0 Å². The van der Waals surface area contributed by atoms with Crippen LogP contribution in [0.15, 0.2) is 0 Å². The Bertz CT molecular complexity index is 218. The minimum atomic E-state index is 0.314. The van der Waals surface area contributed by atoms with Gasteiger partial charge in [0, 0.05) is 13.0 Å². The molecule has 1 aliphatic carbocycles. The average molecular weight is 229 g/mol. The summed E-state index contributed by atoms with van der Waals surface area (Å²) in [5.41, 5.74) is 0. The van der Waals surface area contributed by atoms with Crippen LogP contribution < -0.4 is 5.32 Å². The van der Waals surface area contributed by atoms with Crippen LogP contribution in [0.4, 0.5) is 0 Å². The second kappa shape index (κ2) is 5.69. The smallest absolute Gasteiger partial charge is 0.256 e. The Labute approximate surface area is 98.8 Å². The van der Waals surface area contributed by atoms with E-state index in [4.69, 9.17) is 17.0 Å². The SMILES string of the molecule is CNC(=S)OC1CCCC(C)C1C(C)C. The lowest BCUT2D eigenvalue weighted by molar-refractivity contribution is 0.0226. The zero-order valence-electron chi connectivity index (χ0n) is 10.2. The maximum absolute atomic E-state index is 5.81. The molecule has 1 rings (SSSR count). The molecule has 0 saturated heterocycles. The van der Waals surface area contributed by atoms with Gasteiger partial charge in [0.15, 0.2) is 0 Å². The average Bonchev–Trinajstić information content (AvgIpc) is 2.17. The molecule has 0 aromatic heterocycles. The third-order valence-corrected chi connectivity index (χ3v) is 3.77. The number of thiocarbonyl (C=S) groups is 1. The quantitative estimate of drug-likeness (QED) is 0.736. The molecule has 15 heavy (non-hydrogen) atoms. The first kappa shape index (κ1) is 12.8. The van der Waals surface area contributed by atoms with Crippen LogP contribution in [0.25, 0.3) is 0 Å². The molecule has 2 nitrogen and oxygen atoms in total. The van der Waals surface area contributed by atoms with Gasteiger partial charge < -0.3 is 10.1 Å². The van der Waals surface area contributed by atoms with Crippen LogP contribution >= 0.6 is 12.2 Å². The van der Waals surface area contributed by atoms with Crippen molar-refractivity contribution >= 4 is 17.4 Å². The Hall–Kier alpha value is -0.310. The molecule has 0 aromatic carbocycles. The van der Waals surface area contributed by atoms with E-state index in [9.17, 15) is 0 Å². The number of rotatable bonds is 2. The molecule has 1 fully saturated rings. The molecule has 0 heterocycles. The summed E-state index contributed by atoms with van der Waals surface area (Å²) < 4.78 is 5.81. The number of nitrogens with one attached hydrogen (secondary N) is 1. The molecule has 1 saturated carbocycles. The zero-order valence-corrected chi connectivity index (χ0v) is 11.1. The highest BCUT2D eigenvalue weighted by atomic mass is 32.1. The summed E-state index contributed by atoms with van der Waals surface area (Å²) in [6.07, 6.45) is 4.06. The maximum Gasteiger partial charge on any atom is 0.256 e. The van der Waals surface area contributed by atoms with Gasteiger partial charge in [0.2, 0.25) is 0 Å². The summed E-state index contributed by atoms with van der Waals surface area (Å²) >= 11 is 5.08. The van der Waals surface area contributed by atoms with E-state index in [0.717, 1.165) is 12.3 Å². The van der Waals surface area contributed by atoms with Crippen molar-refractivity contribution in [1.82, 2.24) is 5.32 Å². The molecule has 0 radical (unpaired) electrons. The molecule has 3 heteroatoms. The van der Waals surface area contributed by atoms with Gasteiger partial charge in [-0.25, -0.2) is 0 Å². The standard InChI is InChI=1S/C12H23NOS/c1-8(2)11-9(3)6-5-7-10(11)14-12(15)13-4/h8-11H,5-7H2,1-4H3,(H,13,15). The number of hydrogen-bond acceptors (Lipinski definition) is 2.